The average molecular weight is 364 g/mol. The molecule has 0 spiro atoms. The van der Waals surface area contributed by atoms with Crippen molar-refractivity contribution in [1.82, 2.24) is 4.98 Å². The summed E-state index contributed by atoms with van der Waals surface area (Å²) in [6.45, 7) is 5.24. The molecular formula is C18H18F2N2O2S. The molecule has 3 aromatic rings. The first kappa shape index (κ1) is 18.8. The minimum absolute atomic E-state index is 0.00113. The lowest BCUT2D eigenvalue weighted by atomic mass is 10.2. The van der Waals surface area contributed by atoms with Gasteiger partial charge in [0.15, 0.2) is 5.82 Å². The van der Waals surface area contributed by atoms with E-state index in [1.165, 1.54) is 25.4 Å². The molecule has 0 unspecified atom stereocenters. The molecule has 3 rings (SSSR count). The number of nitrogens with zero attached hydrogens (tertiary/aromatic N) is 1. The second-order valence-corrected chi connectivity index (χ2v) is 6.64. The van der Waals surface area contributed by atoms with Gasteiger partial charge < -0.3 is 0 Å². The number of halogens is 2. The van der Waals surface area contributed by atoms with Gasteiger partial charge in [-0.25, -0.2) is 17.2 Å². The first-order valence-corrected chi connectivity index (χ1v) is 9.18. The first-order valence-electron chi connectivity index (χ1n) is 7.70. The van der Waals surface area contributed by atoms with Crippen LogP contribution in [0.15, 0.2) is 53.7 Å². The van der Waals surface area contributed by atoms with Crippen molar-refractivity contribution in [2.45, 2.75) is 25.7 Å². The van der Waals surface area contributed by atoms with E-state index < -0.39 is 21.7 Å². The zero-order valence-electron chi connectivity index (χ0n) is 14.0. The van der Waals surface area contributed by atoms with E-state index in [4.69, 9.17) is 0 Å². The predicted molar refractivity (Wildman–Crippen MR) is 95.0 cm³/mol. The number of rotatable bonds is 3. The summed E-state index contributed by atoms with van der Waals surface area (Å²) in [5.41, 5.74) is -0.540. The fourth-order valence-corrected chi connectivity index (χ4v) is 3.56. The summed E-state index contributed by atoms with van der Waals surface area (Å²) in [5, 5.41) is 1.11. The second-order valence-electron chi connectivity index (χ2n) is 4.99. The third-order valence-corrected chi connectivity index (χ3v) is 4.92. The molecule has 0 radical (unpaired) electrons. The Kier molecular flexibility index (Phi) is 5.69. The van der Waals surface area contributed by atoms with Crippen molar-refractivity contribution in [1.29, 1.82) is 0 Å². The normalized spacial score (nSPS) is 10.9. The lowest BCUT2D eigenvalue weighted by molar-refractivity contribution is 0.569. The van der Waals surface area contributed by atoms with Gasteiger partial charge in [0.1, 0.15) is 5.82 Å². The fraction of sp³-hybridized carbons (Fsp3) is 0.167. The van der Waals surface area contributed by atoms with Crippen molar-refractivity contribution in [3.63, 3.8) is 0 Å². The SMILES string of the molecule is CC.Cc1c(F)ccc(NS(=O)(=O)c2cccc3cnccc23)c1F. The van der Waals surface area contributed by atoms with E-state index in [-0.39, 0.29) is 16.1 Å². The topological polar surface area (TPSA) is 59.1 Å². The van der Waals surface area contributed by atoms with Gasteiger partial charge in [0, 0.05) is 28.7 Å². The molecule has 0 aliphatic heterocycles. The zero-order valence-corrected chi connectivity index (χ0v) is 14.9. The molecule has 0 saturated carbocycles. The third kappa shape index (κ3) is 3.76. The van der Waals surface area contributed by atoms with Gasteiger partial charge in [-0.3, -0.25) is 9.71 Å². The molecule has 0 fully saturated rings. The molecule has 0 atom stereocenters. The number of sulfonamides is 1. The fourth-order valence-electron chi connectivity index (χ4n) is 2.27. The lowest BCUT2D eigenvalue weighted by Gasteiger charge is -2.12. The van der Waals surface area contributed by atoms with E-state index in [1.807, 2.05) is 13.8 Å². The molecule has 132 valence electrons. The Labute approximate surface area is 145 Å². The monoisotopic (exact) mass is 364 g/mol. The van der Waals surface area contributed by atoms with Gasteiger partial charge in [-0.05, 0) is 31.2 Å². The van der Waals surface area contributed by atoms with Crippen LogP contribution < -0.4 is 4.72 Å². The minimum atomic E-state index is -4.03. The van der Waals surface area contributed by atoms with Crippen LogP contribution in [-0.4, -0.2) is 13.4 Å². The summed E-state index contributed by atoms with van der Waals surface area (Å²) in [6, 6.07) is 8.36. The Balaban J connectivity index is 0.00000109. The van der Waals surface area contributed by atoms with Crippen molar-refractivity contribution in [2.24, 2.45) is 0 Å². The summed E-state index contributed by atoms with van der Waals surface area (Å²) in [6.07, 6.45) is 3.01. The van der Waals surface area contributed by atoms with Crippen LogP contribution >= 0.6 is 0 Å². The maximum Gasteiger partial charge on any atom is 0.262 e. The summed E-state index contributed by atoms with van der Waals surface area (Å²) < 4.78 is 54.7. The highest BCUT2D eigenvalue weighted by Crippen LogP contribution is 2.26. The summed E-state index contributed by atoms with van der Waals surface area (Å²) in [7, 11) is -4.03. The molecule has 25 heavy (non-hydrogen) atoms. The molecular weight excluding hydrogens is 346 g/mol. The number of hydrogen-bond donors (Lipinski definition) is 1. The predicted octanol–water partition coefficient (Wildman–Crippen LogP) is 4.65. The van der Waals surface area contributed by atoms with Crippen LogP contribution in [0, 0.1) is 18.6 Å². The molecule has 0 aliphatic rings. The third-order valence-electron chi connectivity index (χ3n) is 3.49. The summed E-state index contributed by atoms with van der Waals surface area (Å²) in [4.78, 5) is 3.94. The number of anilines is 1. The van der Waals surface area contributed by atoms with Crippen LogP contribution in [0.5, 0.6) is 0 Å². The van der Waals surface area contributed by atoms with Crippen molar-refractivity contribution in [3.05, 3.63) is 66.0 Å². The number of benzene rings is 2. The Bertz CT molecular complexity index is 1000. The van der Waals surface area contributed by atoms with Gasteiger partial charge in [-0.1, -0.05) is 26.0 Å². The van der Waals surface area contributed by atoms with Crippen LogP contribution in [0.1, 0.15) is 19.4 Å². The van der Waals surface area contributed by atoms with Crippen molar-refractivity contribution >= 4 is 26.5 Å². The highest BCUT2D eigenvalue weighted by Gasteiger charge is 2.20. The van der Waals surface area contributed by atoms with Crippen LogP contribution in [0.4, 0.5) is 14.5 Å². The van der Waals surface area contributed by atoms with Crippen LogP contribution in [0.2, 0.25) is 0 Å². The van der Waals surface area contributed by atoms with Gasteiger partial charge >= 0.3 is 0 Å². The van der Waals surface area contributed by atoms with Crippen LogP contribution in [-0.2, 0) is 10.0 Å². The van der Waals surface area contributed by atoms with E-state index in [1.54, 1.807) is 18.2 Å². The van der Waals surface area contributed by atoms with Gasteiger partial charge in [0.05, 0.1) is 10.6 Å². The molecule has 0 bridgehead atoms. The quantitative estimate of drug-likeness (QED) is 0.736. The standard InChI is InChI=1S/C16H12F2N2O2S.C2H6/c1-10-13(17)5-6-14(16(10)18)20-23(21,22)15-4-2-3-11-9-19-8-7-12(11)15;1-2/h2-9,20H,1H3;1-2H3. The van der Waals surface area contributed by atoms with Gasteiger partial charge in [0.25, 0.3) is 10.0 Å². The lowest BCUT2D eigenvalue weighted by Crippen LogP contribution is -2.15. The van der Waals surface area contributed by atoms with Gasteiger partial charge in [-0.2, -0.15) is 0 Å². The molecule has 1 heterocycles. The Morgan fingerprint density at radius 3 is 2.48 bits per heavy atom. The van der Waals surface area contributed by atoms with Gasteiger partial charge in [-0.15, -0.1) is 0 Å². The van der Waals surface area contributed by atoms with E-state index in [0.717, 1.165) is 12.1 Å². The molecule has 0 amide bonds. The highest BCUT2D eigenvalue weighted by atomic mass is 32.2. The number of nitrogens with one attached hydrogen (secondary N) is 1. The molecule has 1 aromatic heterocycles. The highest BCUT2D eigenvalue weighted by molar-refractivity contribution is 7.93. The molecule has 1 N–H and O–H groups in total. The van der Waals surface area contributed by atoms with E-state index in [0.29, 0.717) is 10.8 Å². The van der Waals surface area contributed by atoms with E-state index in [2.05, 4.69) is 9.71 Å². The smallest absolute Gasteiger partial charge is 0.262 e. The largest absolute Gasteiger partial charge is 0.277 e. The Morgan fingerprint density at radius 1 is 1.04 bits per heavy atom. The van der Waals surface area contributed by atoms with Crippen molar-refractivity contribution in [3.8, 4) is 0 Å². The maximum absolute atomic E-state index is 14.0. The summed E-state index contributed by atoms with van der Waals surface area (Å²) in [5.74, 6) is -1.67. The molecule has 2 aromatic carbocycles. The average Bonchev–Trinajstić information content (AvgIpc) is 2.63. The van der Waals surface area contributed by atoms with Crippen molar-refractivity contribution < 1.29 is 17.2 Å². The number of fused-ring (bicyclic) bond motifs is 1. The number of hydrogen-bond acceptors (Lipinski definition) is 3. The number of aromatic nitrogens is 1. The van der Waals surface area contributed by atoms with Gasteiger partial charge in [0.2, 0.25) is 0 Å². The summed E-state index contributed by atoms with van der Waals surface area (Å²) >= 11 is 0. The van der Waals surface area contributed by atoms with Crippen molar-refractivity contribution in [2.75, 3.05) is 4.72 Å². The van der Waals surface area contributed by atoms with Crippen LogP contribution in [0.3, 0.4) is 0 Å². The Morgan fingerprint density at radius 2 is 1.76 bits per heavy atom. The van der Waals surface area contributed by atoms with E-state index >= 15 is 0 Å². The zero-order chi connectivity index (χ0) is 18.6. The molecule has 0 saturated heterocycles. The van der Waals surface area contributed by atoms with E-state index in [9.17, 15) is 17.2 Å². The van der Waals surface area contributed by atoms with Crippen LogP contribution in [0.25, 0.3) is 10.8 Å². The molecule has 7 heteroatoms. The second kappa shape index (κ2) is 7.57. The maximum atomic E-state index is 14.0. The minimum Gasteiger partial charge on any atom is -0.277 e. The molecule has 4 nitrogen and oxygen atoms in total. The number of pyridine rings is 1. The first-order chi connectivity index (χ1) is 11.9. The molecule has 0 aliphatic carbocycles. The Hall–Kier alpha value is -2.54.